The summed E-state index contributed by atoms with van der Waals surface area (Å²) in [5, 5.41) is 15.4. The van der Waals surface area contributed by atoms with Gasteiger partial charge in [0.2, 0.25) is 0 Å². The van der Waals surface area contributed by atoms with Crippen molar-refractivity contribution in [1.82, 2.24) is 25.5 Å². The molecule has 0 aromatic carbocycles. The second-order valence-electron chi connectivity index (χ2n) is 4.62. The molecule has 1 aromatic heterocycles. The van der Waals surface area contributed by atoms with Gasteiger partial charge in [-0.25, -0.2) is 4.68 Å². The van der Waals surface area contributed by atoms with Crippen molar-refractivity contribution < 1.29 is 4.74 Å². The van der Waals surface area contributed by atoms with Crippen molar-refractivity contribution in [3.05, 3.63) is 5.82 Å². The molecule has 0 bridgehead atoms. The van der Waals surface area contributed by atoms with E-state index in [1.54, 1.807) is 0 Å². The van der Waals surface area contributed by atoms with Crippen LogP contribution in [0.2, 0.25) is 0 Å². The number of aromatic nitrogens is 4. The minimum absolute atomic E-state index is 0.201. The van der Waals surface area contributed by atoms with Crippen molar-refractivity contribution in [3.8, 4) is 0 Å². The topological polar surface area (TPSA) is 64.9 Å². The van der Waals surface area contributed by atoms with Gasteiger partial charge in [-0.15, -0.1) is 5.10 Å². The molecular formula is C11H21N5O. The van der Waals surface area contributed by atoms with Crippen LogP contribution in [-0.4, -0.2) is 40.0 Å². The van der Waals surface area contributed by atoms with Crippen LogP contribution >= 0.6 is 0 Å². The largest absolute Gasteiger partial charge is 0.381 e. The van der Waals surface area contributed by atoms with Gasteiger partial charge >= 0.3 is 0 Å². The Morgan fingerprint density at radius 2 is 2.47 bits per heavy atom. The highest BCUT2D eigenvalue weighted by Gasteiger charge is 2.20. The van der Waals surface area contributed by atoms with Gasteiger partial charge in [0, 0.05) is 19.1 Å². The zero-order valence-corrected chi connectivity index (χ0v) is 10.6. The number of hydrogen-bond donors (Lipinski definition) is 1. The number of tetrazole rings is 1. The van der Waals surface area contributed by atoms with Crippen molar-refractivity contribution in [2.24, 2.45) is 5.92 Å². The molecule has 2 heterocycles. The van der Waals surface area contributed by atoms with Crippen LogP contribution < -0.4 is 5.32 Å². The summed E-state index contributed by atoms with van der Waals surface area (Å²) in [7, 11) is 0. The van der Waals surface area contributed by atoms with Gasteiger partial charge in [0.05, 0.1) is 12.6 Å². The molecule has 1 aliphatic heterocycles. The minimum atomic E-state index is 0.201. The molecule has 0 saturated carbocycles. The Bertz CT molecular complexity index is 334. The summed E-state index contributed by atoms with van der Waals surface area (Å²) in [6.07, 6.45) is 2.22. The van der Waals surface area contributed by atoms with Crippen molar-refractivity contribution in [2.45, 2.75) is 39.3 Å². The summed E-state index contributed by atoms with van der Waals surface area (Å²) >= 11 is 0. The quantitative estimate of drug-likeness (QED) is 0.794. The summed E-state index contributed by atoms with van der Waals surface area (Å²) < 4.78 is 7.28. The van der Waals surface area contributed by atoms with Gasteiger partial charge < -0.3 is 10.1 Å². The van der Waals surface area contributed by atoms with E-state index in [-0.39, 0.29) is 6.04 Å². The fraction of sp³-hybridized carbons (Fsp3) is 0.909. The second-order valence-corrected chi connectivity index (χ2v) is 4.62. The lowest BCUT2D eigenvalue weighted by molar-refractivity contribution is 0.181. The molecular weight excluding hydrogens is 218 g/mol. The molecule has 1 N–H and O–H groups in total. The van der Waals surface area contributed by atoms with Crippen molar-refractivity contribution in [1.29, 1.82) is 0 Å². The molecule has 96 valence electrons. The molecule has 1 fully saturated rings. The van der Waals surface area contributed by atoms with E-state index in [4.69, 9.17) is 4.74 Å². The van der Waals surface area contributed by atoms with Crippen LogP contribution in [0.15, 0.2) is 0 Å². The first-order valence-corrected chi connectivity index (χ1v) is 6.38. The molecule has 0 aliphatic carbocycles. The normalized spacial score (nSPS) is 21.9. The molecule has 2 unspecified atom stereocenters. The molecule has 17 heavy (non-hydrogen) atoms. The lowest BCUT2D eigenvalue weighted by Gasteiger charge is -2.14. The maximum Gasteiger partial charge on any atom is 0.167 e. The van der Waals surface area contributed by atoms with Gasteiger partial charge in [0.25, 0.3) is 0 Å². The van der Waals surface area contributed by atoms with Crippen LogP contribution in [-0.2, 0) is 11.3 Å². The van der Waals surface area contributed by atoms with E-state index in [2.05, 4.69) is 34.7 Å². The number of nitrogens with zero attached hydrogens (tertiary/aromatic N) is 4. The molecule has 2 rings (SSSR count). The fourth-order valence-electron chi connectivity index (χ4n) is 2.08. The van der Waals surface area contributed by atoms with Crippen molar-refractivity contribution >= 4 is 0 Å². The molecule has 6 heteroatoms. The number of rotatable bonds is 6. The van der Waals surface area contributed by atoms with E-state index in [0.29, 0.717) is 5.92 Å². The predicted octanol–water partition coefficient (Wildman–Crippen LogP) is 0.770. The Hall–Kier alpha value is -1.01. The summed E-state index contributed by atoms with van der Waals surface area (Å²) in [5.41, 5.74) is 0. The van der Waals surface area contributed by atoms with Crippen LogP contribution in [0.4, 0.5) is 0 Å². The maximum absolute atomic E-state index is 5.37. The van der Waals surface area contributed by atoms with Gasteiger partial charge in [-0.3, -0.25) is 0 Å². The third kappa shape index (κ3) is 3.23. The Morgan fingerprint density at radius 1 is 1.59 bits per heavy atom. The lowest BCUT2D eigenvalue weighted by Crippen LogP contribution is -2.24. The Morgan fingerprint density at radius 3 is 3.18 bits per heavy atom. The number of ether oxygens (including phenoxy) is 1. The highest BCUT2D eigenvalue weighted by atomic mass is 16.5. The van der Waals surface area contributed by atoms with Gasteiger partial charge in [-0.1, -0.05) is 6.92 Å². The fourth-order valence-corrected chi connectivity index (χ4v) is 2.08. The van der Waals surface area contributed by atoms with Crippen LogP contribution in [0.1, 0.15) is 38.6 Å². The van der Waals surface area contributed by atoms with Crippen LogP contribution in [0.3, 0.4) is 0 Å². The molecule has 6 nitrogen and oxygen atoms in total. The average molecular weight is 239 g/mol. The predicted molar refractivity (Wildman–Crippen MR) is 63.5 cm³/mol. The SMILES string of the molecule is CCCNC(C)c1nnnn1CC1CCOC1. The second kappa shape index (κ2) is 6.07. The Kier molecular flexibility index (Phi) is 4.44. The number of hydrogen-bond acceptors (Lipinski definition) is 5. The summed E-state index contributed by atoms with van der Waals surface area (Å²) in [5.74, 6) is 1.47. The highest BCUT2D eigenvalue weighted by Crippen LogP contribution is 2.16. The Balaban J connectivity index is 1.95. The highest BCUT2D eigenvalue weighted by molar-refractivity contribution is 4.90. The van der Waals surface area contributed by atoms with E-state index < -0.39 is 0 Å². The van der Waals surface area contributed by atoms with E-state index in [0.717, 1.165) is 45.0 Å². The van der Waals surface area contributed by atoms with Gasteiger partial charge in [0.15, 0.2) is 5.82 Å². The van der Waals surface area contributed by atoms with Crippen molar-refractivity contribution in [3.63, 3.8) is 0 Å². The van der Waals surface area contributed by atoms with Crippen LogP contribution in [0, 0.1) is 5.92 Å². The van der Waals surface area contributed by atoms with E-state index in [1.165, 1.54) is 0 Å². The molecule has 0 radical (unpaired) electrons. The van der Waals surface area contributed by atoms with Crippen molar-refractivity contribution in [2.75, 3.05) is 19.8 Å². The monoisotopic (exact) mass is 239 g/mol. The molecule has 1 aromatic rings. The van der Waals surface area contributed by atoms with Crippen LogP contribution in [0.25, 0.3) is 0 Å². The summed E-state index contributed by atoms with van der Waals surface area (Å²) in [4.78, 5) is 0. The zero-order valence-electron chi connectivity index (χ0n) is 10.6. The summed E-state index contributed by atoms with van der Waals surface area (Å²) in [6, 6.07) is 0.201. The van der Waals surface area contributed by atoms with E-state index in [1.807, 2.05) is 4.68 Å². The van der Waals surface area contributed by atoms with Crippen LogP contribution in [0.5, 0.6) is 0 Å². The standard InChI is InChI=1S/C11H21N5O/c1-3-5-12-9(2)11-13-14-15-16(11)7-10-4-6-17-8-10/h9-10,12H,3-8H2,1-2H3. The third-order valence-corrected chi connectivity index (χ3v) is 3.10. The van der Waals surface area contributed by atoms with Gasteiger partial charge in [-0.05, 0) is 36.7 Å². The first kappa shape index (κ1) is 12.4. The molecule has 0 amide bonds. The smallest absolute Gasteiger partial charge is 0.167 e. The molecule has 0 spiro atoms. The third-order valence-electron chi connectivity index (χ3n) is 3.10. The molecule has 2 atom stereocenters. The molecule has 1 aliphatic rings. The lowest BCUT2D eigenvalue weighted by atomic mass is 10.1. The Labute approximate surface area is 102 Å². The van der Waals surface area contributed by atoms with Gasteiger partial charge in [-0.2, -0.15) is 0 Å². The molecule has 1 saturated heterocycles. The van der Waals surface area contributed by atoms with E-state index >= 15 is 0 Å². The zero-order chi connectivity index (χ0) is 12.1. The summed E-state index contributed by atoms with van der Waals surface area (Å²) in [6.45, 7) is 7.80. The van der Waals surface area contributed by atoms with Gasteiger partial charge in [0.1, 0.15) is 0 Å². The first-order valence-electron chi connectivity index (χ1n) is 6.38. The minimum Gasteiger partial charge on any atom is -0.381 e. The van der Waals surface area contributed by atoms with E-state index in [9.17, 15) is 0 Å². The first-order chi connectivity index (χ1) is 8.31. The maximum atomic E-state index is 5.37. The number of nitrogens with one attached hydrogen (secondary N) is 1. The average Bonchev–Trinajstić information content (AvgIpc) is 2.97.